The number of amides is 1. The van der Waals surface area contributed by atoms with Gasteiger partial charge < -0.3 is 14.3 Å². The van der Waals surface area contributed by atoms with Crippen LogP contribution in [0.5, 0.6) is 0 Å². The van der Waals surface area contributed by atoms with E-state index in [0.29, 0.717) is 30.0 Å². The molecule has 0 saturated heterocycles. The van der Waals surface area contributed by atoms with Gasteiger partial charge in [-0.05, 0) is 48.7 Å². The summed E-state index contributed by atoms with van der Waals surface area (Å²) in [5.74, 6) is 0.145. The van der Waals surface area contributed by atoms with Gasteiger partial charge in [0.1, 0.15) is 22.5 Å². The SMILES string of the molecule is Cc1ccc2nc3c(cc(C(=O)NCc4ccco4)c(=N)n3CCc3ccccc3)c(=O)n2c1. The zero-order chi connectivity index (χ0) is 23.7. The summed E-state index contributed by atoms with van der Waals surface area (Å²) >= 11 is 0. The molecule has 4 heterocycles. The number of rotatable bonds is 6. The Bertz CT molecular complexity index is 1620. The van der Waals surface area contributed by atoms with Crippen LogP contribution in [0.15, 0.2) is 82.3 Å². The maximum atomic E-state index is 13.4. The molecule has 170 valence electrons. The third-order valence-corrected chi connectivity index (χ3v) is 5.77. The van der Waals surface area contributed by atoms with Gasteiger partial charge in [-0.2, -0.15) is 0 Å². The molecular formula is C26H23N5O3. The number of carbonyl (C=O) groups is 1. The Kier molecular flexibility index (Phi) is 5.55. The summed E-state index contributed by atoms with van der Waals surface area (Å²) in [7, 11) is 0. The zero-order valence-corrected chi connectivity index (χ0v) is 18.6. The van der Waals surface area contributed by atoms with Crippen LogP contribution in [-0.4, -0.2) is 19.9 Å². The Morgan fingerprint density at radius 1 is 1.12 bits per heavy atom. The molecular weight excluding hydrogens is 430 g/mol. The first kappa shape index (κ1) is 21.4. The van der Waals surface area contributed by atoms with Gasteiger partial charge in [-0.3, -0.25) is 19.4 Å². The Hall–Kier alpha value is -4.46. The number of hydrogen-bond donors (Lipinski definition) is 2. The van der Waals surface area contributed by atoms with E-state index in [2.05, 4.69) is 5.32 Å². The molecule has 4 aromatic heterocycles. The van der Waals surface area contributed by atoms with E-state index in [0.717, 1.165) is 11.1 Å². The largest absolute Gasteiger partial charge is 0.467 e. The van der Waals surface area contributed by atoms with Crippen LogP contribution in [-0.2, 0) is 19.5 Å². The van der Waals surface area contributed by atoms with Gasteiger partial charge in [0.25, 0.3) is 11.5 Å². The molecule has 0 spiro atoms. The number of fused-ring (bicyclic) bond motifs is 2. The molecule has 5 rings (SSSR count). The molecule has 8 heteroatoms. The predicted octanol–water partition coefficient (Wildman–Crippen LogP) is 3.20. The van der Waals surface area contributed by atoms with E-state index < -0.39 is 5.91 Å². The summed E-state index contributed by atoms with van der Waals surface area (Å²) < 4.78 is 8.40. The lowest BCUT2D eigenvalue weighted by atomic mass is 10.1. The van der Waals surface area contributed by atoms with E-state index in [1.807, 2.05) is 43.3 Å². The second-order valence-corrected chi connectivity index (χ2v) is 8.14. The van der Waals surface area contributed by atoms with E-state index in [1.54, 1.807) is 29.0 Å². The van der Waals surface area contributed by atoms with Crippen molar-refractivity contribution in [2.75, 3.05) is 0 Å². The molecule has 0 radical (unpaired) electrons. The van der Waals surface area contributed by atoms with Crippen molar-refractivity contribution in [3.8, 4) is 0 Å². The smallest absolute Gasteiger partial charge is 0.267 e. The van der Waals surface area contributed by atoms with Crippen molar-refractivity contribution in [1.82, 2.24) is 19.3 Å². The summed E-state index contributed by atoms with van der Waals surface area (Å²) in [4.78, 5) is 31.1. The zero-order valence-electron chi connectivity index (χ0n) is 18.6. The average Bonchev–Trinajstić information content (AvgIpc) is 3.37. The van der Waals surface area contributed by atoms with Crippen molar-refractivity contribution in [3.05, 3.63) is 111 Å². The normalized spacial score (nSPS) is 11.2. The van der Waals surface area contributed by atoms with Gasteiger partial charge >= 0.3 is 0 Å². The highest BCUT2D eigenvalue weighted by Gasteiger charge is 2.18. The van der Waals surface area contributed by atoms with Crippen LogP contribution in [0, 0.1) is 12.3 Å². The minimum atomic E-state index is -0.453. The molecule has 0 unspecified atom stereocenters. The topological polar surface area (TPSA) is 105 Å². The molecule has 2 N–H and O–H groups in total. The van der Waals surface area contributed by atoms with Gasteiger partial charge in [0.15, 0.2) is 0 Å². The molecule has 0 aliphatic carbocycles. The van der Waals surface area contributed by atoms with Crippen LogP contribution in [0.25, 0.3) is 16.7 Å². The Labute approximate surface area is 194 Å². The van der Waals surface area contributed by atoms with Crippen molar-refractivity contribution in [2.45, 2.75) is 26.4 Å². The summed E-state index contributed by atoms with van der Waals surface area (Å²) in [6.45, 7) is 2.48. The third-order valence-electron chi connectivity index (χ3n) is 5.77. The van der Waals surface area contributed by atoms with Crippen LogP contribution < -0.4 is 16.4 Å². The molecule has 5 aromatic rings. The van der Waals surface area contributed by atoms with Crippen molar-refractivity contribution < 1.29 is 9.21 Å². The Morgan fingerprint density at radius 3 is 2.71 bits per heavy atom. The maximum absolute atomic E-state index is 13.4. The molecule has 1 amide bonds. The highest BCUT2D eigenvalue weighted by Crippen LogP contribution is 2.13. The fraction of sp³-hybridized carbons (Fsp3) is 0.154. The van der Waals surface area contributed by atoms with E-state index >= 15 is 0 Å². The van der Waals surface area contributed by atoms with Crippen molar-refractivity contribution in [1.29, 1.82) is 5.41 Å². The van der Waals surface area contributed by atoms with Crippen LogP contribution in [0.3, 0.4) is 0 Å². The fourth-order valence-corrected chi connectivity index (χ4v) is 4.00. The van der Waals surface area contributed by atoms with Crippen LogP contribution in [0.2, 0.25) is 0 Å². The van der Waals surface area contributed by atoms with Gasteiger partial charge in [0.2, 0.25) is 0 Å². The first-order chi connectivity index (χ1) is 16.5. The lowest BCUT2D eigenvalue weighted by Crippen LogP contribution is -2.35. The number of benzene rings is 1. The Balaban J connectivity index is 1.65. The van der Waals surface area contributed by atoms with Crippen LogP contribution >= 0.6 is 0 Å². The quantitative estimate of drug-likeness (QED) is 0.385. The van der Waals surface area contributed by atoms with Crippen molar-refractivity contribution in [2.24, 2.45) is 0 Å². The van der Waals surface area contributed by atoms with E-state index in [9.17, 15) is 9.59 Å². The molecule has 34 heavy (non-hydrogen) atoms. The summed E-state index contributed by atoms with van der Waals surface area (Å²) in [6, 6.07) is 18.5. The number of aryl methyl sites for hydroxylation is 3. The number of nitrogens with one attached hydrogen (secondary N) is 2. The fourth-order valence-electron chi connectivity index (χ4n) is 4.00. The second kappa shape index (κ2) is 8.82. The molecule has 0 fully saturated rings. The first-order valence-corrected chi connectivity index (χ1v) is 11.0. The number of aromatic nitrogens is 3. The Morgan fingerprint density at radius 2 is 1.94 bits per heavy atom. The highest BCUT2D eigenvalue weighted by molar-refractivity contribution is 5.96. The highest BCUT2D eigenvalue weighted by atomic mass is 16.3. The summed E-state index contributed by atoms with van der Waals surface area (Å²) in [5, 5.41) is 11.9. The van der Waals surface area contributed by atoms with Gasteiger partial charge in [0, 0.05) is 12.7 Å². The molecule has 0 aliphatic rings. The molecule has 0 aliphatic heterocycles. The van der Waals surface area contributed by atoms with Crippen LogP contribution in [0.4, 0.5) is 0 Å². The van der Waals surface area contributed by atoms with Gasteiger partial charge in [-0.25, -0.2) is 4.98 Å². The monoisotopic (exact) mass is 453 g/mol. The van der Waals surface area contributed by atoms with E-state index in [4.69, 9.17) is 14.8 Å². The van der Waals surface area contributed by atoms with Crippen LogP contribution in [0.1, 0.15) is 27.2 Å². The van der Waals surface area contributed by atoms with Gasteiger partial charge in [-0.1, -0.05) is 36.4 Å². The number of hydrogen-bond acceptors (Lipinski definition) is 5. The number of carbonyl (C=O) groups excluding carboxylic acids is 1. The van der Waals surface area contributed by atoms with E-state index in [1.165, 1.54) is 16.7 Å². The maximum Gasteiger partial charge on any atom is 0.267 e. The standard InChI is InChI=1S/C26H23N5O3/c1-17-9-10-22-29-24-21(26(33)31(22)16-17)14-20(25(32)28-15-19-8-5-13-34-19)23(27)30(24)12-11-18-6-3-2-4-7-18/h2-10,13-14,16,27H,11-12,15H2,1H3,(H,28,32). The van der Waals surface area contributed by atoms with Crippen molar-refractivity contribution in [3.63, 3.8) is 0 Å². The number of nitrogens with zero attached hydrogens (tertiary/aromatic N) is 3. The second-order valence-electron chi connectivity index (χ2n) is 8.14. The van der Waals surface area contributed by atoms with Gasteiger partial charge in [-0.15, -0.1) is 0 Å². The lowest BCUT2D eigenvalue weighted by molar-refractivity contribution is 0.0945. The minimum Gasteiger partial charge on any atom is -0.467 e. The minimum absolute atomic E-state index is 0.00346. The lowest BCUT2D eigenvalue weighted by Gasteiger charge is -2.15. The molecule has 0 saturated carbocycles. The van der Waals surface area contributed by atoms with E-state index in [-0.39, 0.29) is 28.5 Å². The van der Waals surface area contributed by atoms with Gasteiger partial charge in [0.05, 0.1) is 23.8 Å². The predicted molar refractivity (Wildman–Crippen MR) is 128 cm³/mol. The first-order valence-electron chi connectivity index (χ1n) is 11.0. The number of pyridine rings is 2. The molecule has 0 bridgehead atoms. The summed E-state index contributed by atoms with van der Waals surface area (Å²) in [6.07, 6.45) is 3.88. The third kappa shape index (κ3) is 4.01. The number of furan rings is 1. The average molecular weight is 454 g/mol. The molecule has 8 nitrogen and oxygen atoms in total. The van der Waals surface area contributed by atoms with Crippen molar-refractivity contribution >= 4 is 22.6 Å². The molecule has 1 aromatic carbocycles. The summed E-state index contributed by atoms with van der Waals surface area (Å²) in [5.41, 5.74) is 2.72. The molecule has 0 atom stereocenters.